The number of aryl methyl sites for hydroxylation is 1. The molecule has 0 aliphatic carbocycles. The highest BCUT2D eigenvalue weighted by molar-refractivity contribution is 8.26. The van der Waals surface area contributed by atoms with Gasteiger partial charge in [0.2, 0.25) is 0 Å². The van der Waals surface area contributed by atoms with E-state index in [-0.39, 0.29) is 4.32 Å². The van der Waals surface area contributed by atoms with Gasteiger partial charge in [-0.3, -0.25) is 9.69 Å². The van der Waals surface area contributed by atoms with E-state index in [0.29, 0.717) is 10.7 Å². The van der Waals surface area contributed by atoms with E-state index < -0.39 is 17.9 Å². The minimum absolute atomic E-state index is 0.245. The molecule has 1 aromatic rings. The van der Waals surface area contributed by atoms with Gasteiger partial charge in [-0.25, -0.2) is 4.79 Å². The molecule has 0 radical (unpaired) electrons. The molecule has 1 aromatic heterocycles. The summed E-state index contributed by atoms with van der Waals surface area (Å²) in [6, 6.07) is 2.55. The van der Waals surface area contributed by atoms with Crippen LogP contribution in [0.3, 0.4) is 0 Å². The lowest BCUT2D eigenvalue weighted by Gasteiger charge is -2.18. The highest BCUT2D eigenvalue weighted by Crippen LogP contribution is 2.34. The summed E-state index contributed by atoms with van der Waals surface area (Å²) in [5, 5.41) is 8.96. The van der Waals surface area contributed by atoms with E-state index in [1.165, 1.54) is 6.92 Å². The summed E-state index contributed by atoms with van der Waals surface area (Å²) < 4.78 is 5.60. The number of nitrogens with zero attached hydrogens (tertiary/aromatic N) is 1. The van der Waals surface area contributed by atoms with Crippen LogP contribution in [0.2, 0.25) is 0 Å². The first-order valence-electron chi connectivity index (χ1n) is 5.46. The van der Waals surface area contributed by atoms with E-state index in [4.69, 9.17) is 21.7 Å². The lowest BCUT2D eigenvalue weighted by atomic mass is 10.3. The maximum atomic E-state index is 12.1. The summed E-state index contributed by atoms with van der Waals surface area (Å²) >= 11 is 6.12. The number of carbonyl (C=O) groups is 2. The fourth-order valence-electron chi connectivity index (χ4n) is 1.58. The van der Waals surface area contributed by atoms with Crippen molar-refractivity contribution in [2.24, 2.45) is 0 Å². The predicted molar refractivity (Wildman–Crippen MR) is 75.6 cm³/mol. The number of carbonyl (C=O) groups excluding carboxylic acids is 1. The number of amides is 1. The van der Waals surface area contributed by atoms with Crippen molar-refractivity contribution in [2.45, 2.75) is 19.9 Å². The zero-order valence-corrected chi connectivity index (χ0v) is 11.9. The number of thioether (sulfide) groups is 1. The Labute approximate surface area is 119 Å². The van der Waals surface area contributed by atoms with Crippen molar-refractivity contribution in [3.8, 4) is 0 Å². The smallest absolute Gasteiger partial charge is 0.326 e. The van der Waals surface area contributed by atoms with Gasteiger partial charge in [0, 0.05) is 6.08 Å². The fourth-order valence-corrected chi connectivity index (χ4v) is 2.98. The van der Waals surface area contributed by atoms with E-state index >= 15 is 0 Å². The normalized spacial score (nSPS) is 19.3. The summed E-state index contributed by atoms with van der Waals surface area (Å²) in [6.07, 6.45) is 1.57. The van der Waals surface area contributed by atoms with Gasteiger partial charge in [-0.05, 0) is 26.0 Å². The molecule has 0 bridgehead atoms. The third-order valence-electron chi connectivity index (χ3n) is 2.60. The Kier molecular flexibility index (Phi) is 3.77. The number of hydrogen-bond donors (Lipinski definition) is 1. The number of furan rings is 1. The SMILES string of the molecule is Cc1ccc(/C=C2\SC(=S)N(C(C)C(=O)O)C2=O)o1. The molecule has 1 saturated heterocycles. The van der Waals surface area contributed by atoms with Crippen LogP contribution >= 0.6 is 24.0 Å². The molecular weight excluding hydrogens is 286 g/mol. The first kappa shape index (κ1) is 13.8. The zero-order valence-electron chi connectivity index (χ0n) is 10.2. The minimum atomic E-state index is -1.09. The highest BCUT2D eigenvalue weighted by atomic mass is 32.2. The molecule has 1 aliphatic rings. The largest absolute Gasteiger partial charge is 0.480 e. The van der Waals surface area contributed by atoms with Crippen molar-refractivity contribution < 1.29 is 19.1 Å². The van der Waals surface area contributed by atoms with Gasteiger partial charge in [0.15, 0.2) is 0 Å². The predicted octanol–water partition coefficient (Wildman–Crippen LogP) is 2.26. The molecule has 5 nitrogen and oxygen atoms in total. The van der Waals surface area contributed by atoms with Gasteiger partial charge in [-0.15, -0.1) is 0 Å². The number of hydrogen-bond acceptors (Lipinski definition) is 5. The Hall–Kier alpha value is -1.60. The second-order valence-corrected chi connectivity index (χ2v) is 5.69. The van der Waals surface area contributed by atoms with Crippen LogP contribution in [-0.4, -0.2) is 32.2 Å². The maximum Gasteiger partial charge on any atom is 0.326 e. The molecule has 2 heterocycles. The van der Waals surface area contributed by atoms with Crippen LogP contribution in [0.1, 0.15) is 18.4 Å². The summed E-state index contributed by atoms with van der Waals surface area (Å²) in [5.74, 6) is -0.216. The molecule has 0 saturated carbocycles. The molecule has 1 aliphatic heterocycles. The number of carboxylic acids is 1. The molecule has 1 fully saturated rings. The molecule has 1 N–H and O–H groups in total. The standard InChI is InChI=1S/C12H11NO4S2/c1-6-3-4-8(17-6)5-9-10(14)13(12(18)19-9)7(2)11(15)16/h3-5,7H,1-2H3,(H,15,16)/b9-5-. The molecule has 0 aromatic carbocycles. The van der Waals surface area contributed by atoms with E-state index in [1.54, 1.807) is 25.1 Å². The van der Waals surface area contributed by atoms with Crippen LogP contribution in [0.5, 0.6) is 0 Å². The number of carboxylic acid groups (broad SMARTS) is 1. The average molecular weight is 297 g/mol. The lowest BCUT2D eigenvalue weighted by Crippen LogP contribution is -2.41. The Morgan fingerprint density at radius 2 is 2.26 bits per heavy atom. The van der Waals surface area contributed by atoms with Gasteiger partial charge < -0.3 is 9.52 Å². The average Bonchev–Trinajstić information content (AvgIpc) is 2.84. The van der Waals surface area contributed by atoms with Crippen molar-refractivity contribution in [1.29, 1.82) is 0 Å². The van der Waals surface area contributed by atoms with Crippen LogP contribution in [0.25, 0.3) is 6.08 Å². The maximum absolute atomic E-state index is 12.1. The second kappa shape index (κ2) is 5.18. The fraction of sp³-hybridized carbons (Fsp3) is 0.250. The molecule has 1 amide bonds. The van der Waals surface area contributed by atoms with Crippen LogP contribution in [0.15, 0.2) is 21.5 Å². The van der Waals surface area contributed by atoms with Gasteiger partial charge in [-0.2, -0.15) is 0 Å². The van der Waals surface area contributed by atoms with Gasteiger partial charge in [-0.1, -0.05) is 24.0 Å². The van der Waals surface area contributed by atoms with E-state index in [9.17, 15) is 9.59 Å². The Morgan fingerprint density at radius 1 is 1.58 bits per heavy atom. The van der Waals surface area contributed by atoms with Crippen molar-refractivity contribution in [3.05, 3.63) is 28.6 Å². The summed E-state index contributed by atoms with van der Waals surface area (Å²) in [7, 11) is 0. The van der Waals surface area contributed by atoms with E-state index in [0.717, 1.165) is 22.4 Å². The van der Waals surface area contributed by atoms with Crippen molar-refractivity contribution in [1.82, 2.24) is 4.90 Å². The van der Waals surface area contributed by atoms with E-state index in [2.05, 4.69) is 0 Å². The van der Waals surface area contributed by atoms with Crippen LogP contribution < -0.4 is 0 Å². The second-order valence-electron chi connectivity index (χ2n) is 4.01. The Balaban J connectivity index is 2.27. The summed E-state index contributed by atoms with van der Waals surface area (Å²) in [6.45, 7) is 3.22. The van der Waals surface area contributed by atoms with Crippen molar-refractivity contribution in [2.75, 3.05) is 0 Å². The minimum Gasteiger partial charge on any atom is -0.480 e. The van der Waals surface area contributed by atoms with Gasteiger partial charge >= 0.3 is 5.97 Å². The number of rotatable bonds is 3. The molecule has 1 unspecified atom stereocenters. The quantitative estimate of drug-likeness (QED) is 0.681. The Bertz CT molecular complexity index is 590. The lowest BCUT2D eigenvalue weighted by molar-refractivity contribution is -0.144. The third-order valence-corrected chi connectivity index (χ3v) is 3.93. The first-order chi connectivity index (χ1) is 8.90. The molecule has 100 valence electrons. The molecule has 1 atom stereocenters. The molecule has 7 heteroatoms. The molecule has 19 heavy (non-hydrogen) atoms. The summed E-state index contributed by atoms with van der Waals surface area (Å²) in [5.41, 5.74) is 0. The monoisotopic (exact) mass is 297 g/mol. The van der Waals surface area contributed by atoms with Crippen LogP contribution in [0, 0.1) is 6.92 Å². The zero-order chi connectivity index (χ0) is 14.2. The molecule has 0 spiro atoms. The van der Waals surface area contributed by atoms with E-state index in [1.807, 2.05) is 0 Å². The van der Waals surface area contributed by atoms with Gasteiger partial charge in [0.25, 0.3) is 5.91 Å². The highest BCUT2D eigenvalue weighted by Gasteiger charge is 2.38. The third kappa shape index (κ3) is 2.71. The van der Waals surface area contributed by atoms with Gasteiger partial charge in [0.05, 0.1) is 4.91 Å². The Morgan fingerprint density at radius 3 is 2.79 bits per heavy atom. The summed E-state index contributed by atoms with van der Waals surface area (Å²) in [4.78, 5) is 24.5. The van der Waals surface area contributed by atoms with Crippen LogP contribution in [0.4, 0.5) is 0 Å². The van der Waals surface area contributed by atoms with Crippen molar-refractivity contribution in [3.63, 3.8) is 0 Å². The number of thiocarbonyl (C=S) groups is 1. The van der Waals surface area contributed by atoms with Crippen molar-refractivity contribution >= 4 is 46.3 Å². The first-order valence-corrected chi connectivity index (χ1v) is 6.69. The van der Waals surface area contributed by atoms with Gasteiger partial charge in [0.1, 0.15) is 21.9 Å². The number of aliphatic carboxylic acids is 1. The van der Waals surface area contributed by atoms with Crippen LogP contribution in [-0.2, 0) is 9.59 Å². The molecule has 2 rings (SSSR count). The topological polar surface area (TPSA) is 70.8 Å². The molecular formula is C12H11NO4S2.